The average molecular weight is 585 g/mol. The second-order valence-electron chi connectivity index (χ2n) is 14.2. The van der Waals surface area contributed by atoms with Crippen LogP contribution in [0.2, 0.25) is 0 Å². The summed E-state index contributed by atoms with van der Waals surface area (Å²) in [6, 6.07) is 9.12. The third-order valence-corrected chi connectivity index (χ3v) is 5.00. The van der Waals surface area contributed by atoms with Gasteiger partial charge < -0.3 is 31.5 Å². The maximum atomic E-state index is 12.1. The summed E-state index contributed by atoms with van der Waals surface area (Å²) in [4.78, 5) is 48.6. The normalized spacial score (nSPS) is 11.9. The first kappa shape index (κ1) is 35.9. The molecule has 10 nitrogen and oxygen atoms in total. The van der Waals surface area contributed by atoms with E-state index in [0.29, 0.717) is 0 Å². The minimum Gasteiger partial charge on any atom is -0.506 e. The lowest BCUT2D eigenvalue weighted by atomic mass is 10.0. The van der Waals surface area contributed by atoms with Gasteiger partial charge in [0.2, 0.25) is 0 Å². The van der Waals surface area contributed by atoms with Gasteiger partial charge in [-0.15, -0.1) is 0 Å². The van der Waals surface area contributed by atoms with Crippen LogP contribution < -0.4 is 21.3 Å². The number of carbonyl (C=O) groups is 4. The number of aromatic hydroxyl groups is 2. The molecular formula is C32H48N4O6. The Morgan fingerprint density at radius 1 is 0.429 bits per heavy atom. The van der Waals surface area contributed by atoms with Crippen molar-refractivity contribution >= 4 is 23.6 Å². The zero-order valence-electron chi connectivity index (χ0n) is 27.0. The van der Waals surface area contributed by atoms with E-state index in [1.807, 2.05) is 83.1 Å². The van der Waals surface area contributed by atoms with Crippen molar-refractivity contribution in [2.24, 2.45) is 0 Å². The minimum absolute atomic E-state index is 0.0893. The van der Waals surface area contributed by atoms with E-state index < -0.39 is 45.8 Å². The summed E-state index contributed by atoms with van der Waals surface area (Å²) in [5.74, 6) is -2.26. The summed E-state index contributed by atoms with van der Waals surface area (Å²) in [7, 11) is 0. The zero-order chi connectivity index (χ0) is 32.8. The fraction of sp³-hybridized carbons (Fsp3) is 0.500. The van der Waals surface area contributed by atoms with Gasteiger partial charge >= 0.3 is 0 Å². The van der Waals surface area contributed by atoms with E-state index in [0.717, 1.165) is 0 Å². The molecule has 4 amide bonds. The van der Waals surface area contributed by atoms with Crippen LogP contribution in [0.3, 0.4) is 0 Å². The van der Waals surface area contributed by atoms with Crippen LogP contribution in [0, 0.1) is 0 Å². The van der Waals surface area contributed by atoms with E-state index in [1.165, 1.54) is 24.3 Å². The summed E-state index contributed by atoms with van der Waals surface area (Å²) in [6.45, 7) is 22.1. The molecule has 232 valence electrons. The number of rotatable bonds is 4. The second kappa shape index (κ2) is 13.3. The fourth-order valence-corrected chi connectivity index (χ4v) is 3.45. The molecule has 0 saturated carbocycles. The van der Waals surface area contributed by atoms with Crippen molar-refractivity contribution in [3.05, 3.63) is 58.7 Å². The van der Waals surface area contributed by atoms with Crippen LogP contribution in [0.5, 0.6) is 11.5 Å². The van der Waals surface area contributed by atoms with Gasteiger partial charge in [0.1, 0.15) is 11.5 Å². The predicted octanol–water partition coefficient (Wildman–Crippen LogP) is 4.90. The maximum absolute atomic E-state index is 12.1. The number of phenolic OH excluding ortho intramolecular Hbond substituents is 2. The number of hydrogen-bond acceptors (Lipinski definition) is 6. The van der Waals surface area contributed by atoms with Crippen molar-refractivity contribution < 1.29 is 29.4 Å². The van der Waals surface area contributed by atoms with Crippen molar-refractivity contribution in [1.82, 2.24) is 21.3 Å². The molecule has 2 aromatic rings. The molecule has 10 heteroatoms. The number of nitrogens with one attached hydrogen (secondary N) is 4. The highest BCUT2D eigenvalue weighted by atomic mass is 16.3. The molecule has 0 atom stereocenters. The average Bonchev–Trinajstić information content (AvgIpc) is 2.74. The van der Waals surface area contributed by atoms with Gasteiger partial charge in [-0.25, -0.2) is 0 Å². The molecule has 2 aromatic carbocycles. The van der Waals surface area contributed by atoms with Crippen LogP contribution >= 0.6 is 0 Å². The molecule has 0 unspecified atom stereocenters. The van der Waals surface area contributed by atoms with Crippen LogP contribution in [0.25, 0.3) is 0 Å². The topological polar surface area (TPSA) is 157 Å². The van der Waals surface area contributed by atoms with Crippen LogP contribution in [0.1, 0.15) is 125 Å². The summed E-state index contributed by atoms with van der Waals surface area (Å²) in [6.07, 6.45) is 0. The van der Waals surface area contributed by atoms with Gasteiger partial charge in [0, 0.05) is 22.2 Å². The number of amides is 4. The van der Waals surface area contributed by atoms with Crippen LogP contribution in [0.15, 0.2) is 36.4 Å². The Balaban J connectivity index is 0.000000420. The van der Waals surface area contributed by atoms with Gasteiger partial charge in [0.15, 0.2) is 0 Å². The van der Waals surface area contributed by atoms with Gasteiger partial charge in [-0.1, -0.05) is 12.1 Å². The van der Waals surface area contributed by atoms with Crippen molar-refractivity contribution in [3.63, 3.8) is 0 Å². The lowest BCUT2D eigenvalue weighted by molar-refractivity contribution is 0.0896. The van der Waals surface area contributed by atoms with E-state index in [1.54, 1.807) is 12.1 Å². The molecule has 0 aliphatic heterocycles. The Bertz CT molecular complexity index is 1110. The van der Waals surface area contributed by atoms with E-state index in [2.05, 4.69) is 21.3 Å². The predicted molar refractivity (Wildman–Crippen MR) is 165 cm³/mol. The number of para-hydroxylation sites is 2. The van der Waals surface area contributed by atoms with Gasteiger partial charge in [0.25, 0.3) is 23.6 Å². The Labute approximate surface area is 249 Å². The Kier molecular flexibility index (Phi) is 11.4. The molecule has 0 bridgehead atoms. The maximum Gasteiger partial charge on any atom is 0.255 e. The standard InChI is InChI=1S/2C16H24N2O3/c2*1-15(2,3)17-13(20)10-8-7-9-11(12(10)19)14(21)18-16(4,5)6/h2*7-9,19H,1-6H3,(H,17,20)(H,18,21). The highest BCUT2D eigenvalue weighted by Crippen LogP contribution is 2.25. The molecule has 0 aliphatic rings. The molecule has 0 heterocycles. The Morgan fingerprint density at radius 3 is 0.738 bits per heavy atom. The molecule has 0 fully saturated rings. The largest absolute Gasteiger partial charge is 0.506 e. The number of carbonyl (C=O) groups excluding carboxylic acids is 4. The molecule has 0 spiro atoms. The molecule has 2 rings (SSSR count). The highest BCUT2D eigenvalue weighted by molar-refractivity contribution is 6.05. The SMILES string of the molecule is CC(C)(C)NC(=O)c1cccc(C(=O)NC(C)(C)C)c1O.CC(C)(C)NC(=O)c1cccc(C(=O)NC(C)(C)C)c1O. The first-order valence-corrected chi connectivity index (χ1v) is 13.8. The molecule has 42 heavy (non-hydrogen) atoms. The van der Waals surface area contributed by atoms with Crippen molar-refractivity contribution in [2.75, 3.05) is 0 Å². The quantitative estimate of drug-likeness (QED) is 0.300. The van der Waals surface area contributed by atoms with E-state index in [9.17, 15) is 29.4 Å². The van der Waals surface area contributed by atoms with Gasteiger partial charge in [-0.05, 0) is 107 Å². The summed E-state index contributed by atoms with van der Waals surface area (Å²) >= 11 is 0. The summed E-state index contributed by atoms with van der Waals surface area (Å²) in [5.41, 5.74) is -1.34. The van der Waals surface area contributed by atoms with Crippen LogP contribution in [-0.4, -0.2) is 56.0 Å². The molecular weight excluding hydrogens is 536 g/mol. The highest BCUT2D eigenvalue weighted by Gasteiger charge is 2.25. The van der Waals surface area contributed by atoms with Gasteiger partial charge in [0.05, 0.1) is 22.3 Å². The number of phenols is 2. The monoisotopic (exact) mass is 584 g/mol. The smallest absolute Gasteiger partial charge is 0.255 e. The molecule has 0 saturated heterocycles. The number of hydrogen-bond donors (Lipinski definition) is 6. The second-order valence-corrected chi connectivity index (χ2v) is 14.2. The Hall–Kier alpha value is -4.08. The number of benzene rings is 2. The third kappa shape index (κ3) is 12.2. The lowest BCUT2D eigenvalue weighted by Gasteiger charge is -2.22. The molecule has 6 N–H and O–H groups in total. The summed E-state index contributed by atoms with van der Waals surface area (Å²) < 4.78 is 0. The Morgan fingerprint density at radius 2 is 0.595 bits per heavy atom. The molecule has 0 aromatic heterocycles. The van der Waals surface area contributed by atoms with E-state index in [4.69, 9.17) is 0 Å². The van der Waals surface area contributed by atoms with Crippen LogP contribution in [-0.2, 0) is 0 Å². The van der Waals surface area contributed by atoms with Crippen LogP contribution in [0.4, 0.5) is 0 Å². The summed E-state index contributed by atoms with van der Waals surface area (Å²) in [5, 5.41) is 31.4. The molecule has 0 aliphatic carbocycles. The fourth-order valence-electron chi connectivity index (χ4n) is 3.45. The van der Waals surface area contributed by atoms with Crippen molar-refractivity contribution in [1.29, 1.82) is 0 Å². The first-order chi connectivity index (χ1) is 18.8. The van der Waals surface area contributed by atoms with Crippen molar-refractivity contribution in [2.45, 2.75) is 105 Å². The first-order valence-electron chi connectivity index (χ1n) is 13.8. The van der Waals surface area contributed by atoms with Crippen molar-refractivity contribution in [3.8, 4) is 11.5 Å². The van der Waals surface area contributed by atoms with E-state index >= 15 is 0 Å². The zero-order valence-corrected chi connectivity index (χ0v) is 27.0. The minimum atomic E-state index is -0.423. The van der Waals surface area contributed by atoms with Gasteiger partial charge in [-0.3, -0.25) is 19.2 Å². The van der Waals surface area contributed by atoms with Gasteiger partial charge in [-0.2, -0.15) is 0 Å². The lowest BCUT2D eigenvalue weighted by Crippen LogP contribution is -2.41. The third-order valence-electron chi connectivity index (χ3n) is 5.00. The molecule has 0 radical (unpaired) electrons. The van der Waals surface area contributed by atoms with E-state index in [-0.39, 0.29) is 33.8 Å².